The molecule has 1 amide bonds. The molecule has 0 spiro atoms. The van der Waals surface area contributed by atoms with E-state index in [0.29, 0.717) is 0 Å². The average molecular weight is 234 g/mol. The van der Waals surface area contributed by atoms with Gasteiger partial charge >= 0.3 is 0 Å². The van der Waals surface area contributed by atoms with Crippen LogP contribution in [-0.2, 0) is 9.63 Å². The van der Waals surface area contributed by atoms with Crippen molar-refractivity contribution in [1.29, 1.82) is 0 Å². The van der Waals surface area contributed by atoms with Gasteiger partial charge in [0.2, 0.25) is 0 Å². The summed E-state index contributed by atoms with van der Waals surface area (Å²) in [5.41, 5.74) is 0.688. The molecule has 0 saturated heterocycles. The number of amides is 1. The molecule has 0 bridgehead atoms. The lowest BCUT2D eigenvalue weighted by Gasteiger charge is -2.19. The molecule has 0 heterocycles. The van der Waals surface area contributed by atoms with Crippen LogP contribution in [0.3, 0.4) is 0 Å². The first-order valence-electron chi connectivity index (χ1n) is 5.49. The number of nitrogens with zero attached hydrogens (tertiary/aromatic N) is 1. The minimum Gasteiger partial charge on any atom is -0.386 e. The summed E-state index contributed by atoms with van der Waals surface area (Å²) in [7, 11) is 0. The molecule has 4 nitrogen and oxygen atoms in total. The molecule has 0 aliphatic rings. The standard InChI is InChI=1S/C13H18N2O2/c1-13(2,3)15-12(16)10-17-14-9-11-7-5-4-6-8-11/h4-9H,10H2,1-3H3,(H,15,16)/b14-9-. The van der Waals surface area contributed by atoms with E-state index in [0.717, 1.165) is 5.56 Å². The van der Waals surface area contributed by atoms with Gasteiger partial charge in [-0.2, -0.15) is 0 Å². The highest BCUT2D eigenvalue weighted by Crippen LogP contribution is 1.98. The van der Waals surface area contributed by atoms with Crippen molar-refractivity contribution in [2.75, 3.05) is 6.61 Å². The summed E-state index contributed by atoms with van der Waals surface area (Å²) in [4.78, 5) is 16.3. The average Bonchev–Trinajstić information content (AvgIpc) is 2.23. The summed E-state index contributed by atoms with van der Waals surface area (Å²) in [5, 5.41) is 6.51. The molecule has 4 heteroatoms. The van der Waals surface area contributed by atoms with E-state index in [9.17, 15) is 4.79 Å². The first kappa shape index (κ1) is 13.2. The number of benzene rings is 1. The molecule has 0 aliphatic heterocycles. The van der Waals surface area contributed by atoms with E-state index >= 15 is 0 Å². The quantitative estimate of drug-likeness (QED) is 0.639. The van der Waals surface area contributed by atoms with Gasteiger partial charge in [0.05, 0.1) is 6.21 Å². The third kappa shape index (κ3) is 6.35. The van der Waals surface area contributed by atoms with Gasteiger partial charge in [0.25, 0.3) is 5.91 Å². The van der Waals surface area contributed by atoms with Gasteiger partial charge in [0, 0.05) is 5.54 Å². The highest BCUT2D eigenvalue weighted by molar-refractivity contribution is 5.79. The molecule has 0 atom stereocenters. The number of oxime groups is 1. The molecule has 0 unspecified atom stereocenters. The Morgan fingerprint density at radius 1 is 1.35 bits per heavy atom. The van der Waals surface area contributed by atoms with Crippen LogP contribution in [-0.4, -0.2) is 24.3 Å². The van der Waals surface area contributed by atoms with E-state index in [1.807, 2.05) is 51.1 Å². The van der Waals surface area contributed by atoms with Crippen molar-refractivity contribution < 1.29 is 9.63 Å². The second-order valence-corrected chi connectivity index (χ2v) is 4.72. The van der Waals surface area contributed by atoms with Crippen LogP contribution in [0, 0.1) is 0 Å². The largest absolute Gasteiger partial charge is 0.386 e. The molecule has 92 valence electrons. The van der Waals surface area contributed by atoms with Gasteiger partial charge in [-0.3, -0.25) is 4.79 Å². The van der Waals surface area contributed by atoms with Crippen LogP contribution in [0.5, 0.6) is 0 Å². The van der Waals surface area contributed by atoms with Crippen LogP contribution in [0.25, 0.3) is 0 Å². The first-order chi connectivity index (χ1) is 7.97. The molecule has 0 saturated carbocycles. The molecule has 0 fully saturated rings. The number of hydrogen-bond acceptors (Lipinski definition) is 3. The maximum Gasteiger partial charge on any atom is 0.261 e. The van der Waals surface area contributed by atoms with Crippen LogP contribution in [0.2, 0.25) is 0 Å². The zero-order valence-electron chi connectivity index (χ0n) is 10.4. The van der Waals surface area contributed by atoms with Crippen molar-refractivity contribution >= 4 is 12.1 Å². The summed E-state index contributed by atoms with van der Waals surface area (Å²) in [6, 6.07) is 9.56. The summed E-state index contributed by atoms with van der Waals surface area (Å²) in [6.45, 7) is 5.68. The number of carbonyl (C=O) groups excluding carboxylic acids is 1. The molecule has 17 heavy (non-hydrogen) atoms. The Kier molecular flexibility index (Phi) is 4.69. The lowest BCUT2D eigenvalue weighted by Crippen LogP contribution is -2.42. The lowest BCUT2D eigenvalue weighted by atomic mass is 10.1. The molecular weight excluding hydrogens is 216 g/mol. The number of hydrogen-bond donors (Lipinski definition) is 1. The van der Waals surface area contributed by atoms with Crippen LogP contribution in [0.1, 0.15) is 26.3 Å². The Morgan fingerprint density at radius 2 is 2.00 bits per heavy atom. The van der Waals surface area contributed by atoms with Crippen LogP contribution < -0.4 is 5.32 Å². The fraction of sp³-hybridized carbons (Fsp3) is 0.385. The fourth-order valence-electron chi connectivity index (χ4n) is 1.19. The number of carbonyl (C=O) groups is 1. The number of rotatable bonds is 4. The zero-order chi connectivity index (χ0) is 12.7. The normalized spacial score (nSPS) is 11.5. The molecule has 1 N–H and O–H groups in total. The fourth-order valence-corrected chi connectivity index (χ4v) is 1.19. The third-order valence-electron chi connectivity index (χ3n) is 1.79. The van der Waals surface area contributed by atoms with Crippen molar-refractivity contribution in [3.63, 3.8) is 0 Å². The van der Waals surface area contributed by atoms with E-state index < -0.39 is 0 Å². The van der Waals surface area contributed by atoms with Gasteiger partial charge in [-0.25, -0.2) is 0 Å². The Hall–Kier alpha value is -1.84. The van der Waals surface area contributed by atoms with Gasteiger partial charge in [-0.15, -0.1) is 0 Å². The smallest absolute Gasteiger partial charge is 0.261 e. The summed E-state index contributed by atoms with van der Waals surface area (Å²) in [5.74, 6) is -0.178. The maximum atomic E-state index is 11.4. The second kappa shape index (κ2) is 6.03. The molecular formula is C13H18N2O2. The molecule has 0 aliphatic carbocycles. The Bertz CT molecular complexity index is 380. The minimum absolute atomic E-state index is 0.0688. The van der Waals surface area contributed by atoms with E-state index in [4.69, 9.17) is 4.84 Å². The highest BCUT2D eigenvalue weighted by Gasteiger charge is 2.13. The maximum absolute atomic E-state index is 11.4. The Balaban J connectivity index is 2.29. The second-order valence-electron chi connectivity index (χ2n) is 4.72. The highest BCUT2D eigenvalue weighted by atomic mass is 16.6. The summed E-state index contributed by atoms with van der Waals surface area (Å²) in [6.07, 6.45) is 1.57. The van der Waals surface area contributed by atoms with Gasteiger partial charge < -0.3 is 10.2 Å². The van der Waals surface area contributed by atoms with E-state index in [1.165, 1.54) is 0 Å². The summed E-state index contributed by atoms with van der Waals surface area (Å²) < 4.78 is 0. The third-order valence-corrected chi connectivity index (χ3v) is 1.79. The summed E-state index contributed by atoms with van der Waals surface area (Å²) >= 11 is 0. The lowest BCUT2D eigenvalue weighted by molar-refractivity contribution is -0.127. The van der Waals surface area contributed by atoms with Crippen molar-refractivity contribution in [2.24, 2.45) is 5.16 Å². The number of nitrogens with one attached hydrogen (secondary N) is 1. The van der Waals surface area contributed by atoms with E-state index in [1.54, 1.807) is 6.21 Å². The minimum atomic E-state index is -0.246. The molecule has 0 aromatic heterocycles. The van der Waals surface area contributed by atoms with E-state index in [-0.39, 0.29) is 18.1 Å². The van der Waals surface area contributed by atoms with Crippen molar-refractivity contribution in [3.8, 4) is 0 Å². The van der Waals surface area contributed by atoms with Crippen molar-refractivity contribution in [2.45, 2.75) is 26.3 Å². The predicted molar refractivity (Wildman–Crippen MR) is 67.9 cm³/mol. The molecule has 1 rings (SSSR count). The topological polar surface area (TPSA) is 50.7 Å². The predicted octanol–water partition coefficient (Wildman–Crippen LogP) is 1.95. The van der Waals surface area contributed by atoms with Gasteiger partial charge in [0.1, 0.15) is 0 Å². The van der Waals surface area contributed by atoms with Crippen molar-refractivity contribution in [1.82, 2.24) is 5.32 Å². The molecule has 1 aromatic carbocycles. The monoisotopic (exact) mass is 234 g/mol. The SMILES string of the molecule is CC(C)(C)NC(=O)CO/N=C\c1ccccc1. The van der Waals surface area contributed by atoms with Gasteiger partial charge in [-0.05, 0) is 26.3 Å². The van der Waals surface area contributed by atoms with Gasteiger partial charge in [0.15, 0.2) is 6.61 Å². The first-order valence-corrected chi connectivity index (χ1v) is 5.49. The van der Waals surface area contributed by atoms with Crippen LogP contribution in [0.4, 0.5) is 0 Å². The molecule has 0 radical (unpaired) electrons. The van der Waals surface area contributed by atoms with E-state index in [2.05, 4.69) is 10.5 Å². The van der Waals surface area contributed by atoms with Crippen LogP contribution in [0.15, 0.2) is 35.5 Å². The Morgan fingerprint density at radius 3 is 2.59 bits per heavy atom. The zero-order valence-corrected chi connectivity index (χ0v) is 10.4. The Labute approximate surface area is 102 Å². The van der Waals surface area contributed by atoms with Gasteiger partial charge in [-0.1, -0.05) is 35.5 Å². The van der Waals surface area contributed by atoms with Crippen molar-refractivity contribution in [3.05, 3.63) is 35.9 Å². The molecule has 1 aromatic rings. The van der Waals surface area contributed by atoms with Crippen LogP contribution >= 0.6 is 0 Å².